The summed E-state index contributed by atoms with van der Waals surface area (Å²) in [7, 11) is 1.57. The number of ether oxygens (including phenoxy) is 2. The van der Waals surface area contributed by atoms with Gasteiger partial charge in [-0.1, -0.05) is 32.0 Å². The van der Waals surface area contributed by atoms with Crippen molar-refractivity contribution in [1.29, 1.82) is 0 Å². The van der Waals surface area contributed by atoms with Crippen molar-refractivity contribution in [3.8, 4) is 11.5 Å². The SMILES string of the molecule is CCOc1ccccc1[C@H]1C(=C(O)c2ccc(OC)cc2C)C(=O)C(=O)N1CCN(CC)CC. The van der Waals surface area contributed by atoms with Crippen LogP contribution in [0.3, 0.4) is 0 Å². The summed E-state index contributed by atoms with van der Waals surface area (Å²) in [6, 6.07) is 11.8. The van der Waals surface area contributed by atoms with Crippen molar-refractivity contribution in [2.24, 2.45) is 0 Å². The Labute approximate surface area is 201 Å². The lowest BCUT2D eigenvalue weighted by molar-refractivity contribution is -0.140. The normalized spacial score (nSPS) is 17.5. The van der Waals surface area contributed by atoms with Gasteiger partial charge in [0.1, 0.15) is 17.3 Å². The number of ketones is 1. The number of nitrogens with zero attached hydrogens (tertiary/aromatic N) is 2. The van der Waals surface area contributed by atoms with Crippen molar-refractivity contribution >= 4 is 17.4 Å². The molecule has 0 aromatic heterocycles. The molecular weight excluding hydrogens is 432 g/mol. The van der Waals surface area contributed by atoms with Gasteiger partial charge in [-0.25, -0.2) is 0 Å². The Morgan fingerprint density at radius 3 is 2.41 bits per heavy atom. The minimum atomic E-state index is -0.750. The summed E-state index contributed by atoms with van der Waals surface area (Å²) in [5.74, 6) is -0.269. The molecule has 7 nitrogen and oxygen atoms in total. The Bertz CT molecular complexity index is 1070. The van der Waals surface area contributed by atoms with Gasteiger partial charge >= 0.3 is 0 Å². The molecule has 1 aliphatic heterocycles. The monoisotopic (exact) mass is 466 g/mol. The van der Waals surface area contributed by atoms with Crippen LogP contribution in [0.1, 0.15) is 43.5 Å². The largest absolute Gasteiger partial charge is 0.507 e. The summed E-state index contributed by atoms with van der Waals surface area (Å²) in [4.78, 5) is 30.3. The lowest BCUT2D eigenvalue weighted by Crippen LogP contribution is -2.38. The fourth-order valence-electron chi connectivity index (χ4n) is 4.39. The minimum Gasteiger partial charge on any atom is -0.507 e. The molecule has 1 saturated heterocycles. The Kier molecular flexibility index (Phi) is 8.34. The van der Waals surface area contributed by atoms with E-state index in [1.165, 1.54) is 0 Å². The summed E-state index contributed by atoms with van der Waals surface area (Å²) in [5, 5.41) is 11.4. The molecule has 182 valence electrons. The summed E-state index contributed by atoms with van der Waals surface area (Å²) in [5.41, 5.74) is 1.98. The van der Waals surface area contributed by atoms with E-state index in [1.807, 2.05) is 38.1 Å². The quantitative estimate of drug-likeness (QED) is 0.322. The van der Waals surface area contributed by atoms with Crippen LogP contribution < -0.4 is 9.47 Å². The maximum absolute atomic E-state index is 13.3. The maximum atomic E-state index is 13.3. The van der Waals surface area contributed by atoms with E-state index < -0.39 is 17.7 Å². The van der Waals surface area contributed by atoms with Crippen LogP contribution in [0, 0.1) is 6.92 Å². The van der Waals surface area contributed by atoms with Crippen LogP contribution in [0.2, 0.25) is 0 Å². The van der Waals surface area contributed by atoms with Crippen LogP contribution in [0.15, 0.2) is 48.0 Å². The van der Waals surface area contributed by atoms with Crippen molar-refractivity contribution in [3.63, 3.8) is 0 Å². The predicted molar refractivity (Wildman–Crippen MR) is 132 cm³/mol. The van der Waals surface area contributed by atoms with Crippen molar-refractivity contribution in [3.05, 3.63) is 64.7 Å². The van der Waals surface area contributed by atoms with Crippen molar-refractivity contribution in [2.45, 2.75) is 33.7 Å². The van der Waals surface area contributed by atoms with E-state index in [0.717, 1.165) is 18.7 Å². The smallest absolute Gasteiger partial charge is 0.295 e. The number of methoxy groups -OCH3 is 1. The lowest BCUT2D eigenvalue weighted by Gasteiger charge is -2.29. The average molecular weight is 467 g/mol. The van der Waals surface area contributed by atoms with Gasteiger partial charge in [-0.3, -0.25) is 9.59 Å². The Morgan fingerprint density at radius 1 is 1.09 bits per heavy atom. The zero-order valence-corrected chi connectivity index (χ0v) is 20.6. The molecule has 1 fully saturated rings. The number of hydrogen-bond donors (Lipinski definition) is 1. The van der Waals surface area contributed by atoms with Crippen LogP contribution >= 0.6 is 0 Å². The molecule has 1 heterocycles. The van der Waals surface area contributed by atoms with E-state index in [4.69, 9.17) is 9.47 Å². The van der Waals surface area contributed by atoms with E-state index in [-0.39, 0.29) is 11.3 Å². The van der Waals surface area contributed by atoms with E-state index in [0.29, 0.717) is 42.3 Å². The first-order valence-electron chi connectivity index (χ1n) is 11.7. The summed E-state index contributed by atoms with van der Waals surface area (Å²) in [6.07, 6.45) is 0. The summed E-state index contributed by atoms with van der Waals surface area (Å²) >= 11 is 0. The number of aliphatic hydroxyl groups excluding tert-OH is 1. The number of aliphatic hydroxyl groups is 1. The number of likely N-dealkylation sites (N-methyl/N-ethyl adjacent to an activating group) is 1. The van der Waals surface area contributed by atoms with Crippen molar-refractivity contribution in [1.82, 2.24) is 9.80 Å². The molecule has 1 atom stereocenters. The molecule has 0 radical (unpaired) electrons. The van der Waals surface area contributed by atoms with Gasteiger partial charge < -0.3 is 24.4 Å². The highest BCUT2D eigenvalue weighted by Crippen LogP contribution is 2.43. The van der Waals surface area contributed by atoms with Gasteiger partial charge in [0.25, 0.3) is 11.7 Å². The Morgan fingerprint density at radius 2 is 1.79 bits per heavy atom. The molecule has 2 aromatic carbocycles. The highest BCUT2D eigenvalue weighted by molar-refractivity contribution is 6.46. The molecule has 2 aromatic rings. The molecule has 7 heteroatoms. The number of para-hydroxylation sites is 1. The molecule has 1 aliphatic rings. The topological polar surface area (TPSA) is 79.3 Å². The molecule has 0 spiro atoms. The third-order valence-electron chi connectivity index (χ3n) is 6.29. The van der Waals surface area contributed by atoms with E-state index in [2.05, 4.69) is 18.7 Å². The first kappa shape index (κ1) is 25.3. The number of amides is 1. The number of carbonyl (C=O) groups is 2. The van der Waals surface area contributed by atoms with Crippen LogP contribution in [0.25, 0.3) is 5.76 Å². The highest BCUT2D eigenvalue weighted by Gasteiger charge is 2.47. The standard InChI is InChI=1S/C27H34N2O5/c1-6-28(7-2)15-16-29-24(21-11-9-10-12-22(21)34-8-3)23(26(31)27(29)32)25(30)20-14-13-19(33-5)17-18(20)4/h9-14,17,24,30H,6-8,15-16H2,1-5H3/t24-/m0/s1. The van der Waals surface area contributed by atoms with Crippen LogP contribution in [-0.2, 0) is 9.59 Å². The summed E-state index contributed by atoms with van der Waals surface area (Å²) < 4.78 is 11.1. The van der Waals surface area contributed by atoms with Gasteiger partial charge in [-0.2, -0.15) is 0 Å². The molecule has 1 N–H and O–H groups in total. The number of hydrogen-bond acceptors (Lipinski definition) is 6. The van der Waals surface area contributed by atoms with Gasteiger partial charge in [0.2, 0.25) is 0 Å². The summed E-state index contributed by atoms with van der Waals surface area (Å²) in [6.45, 7) is 10.9. The number of aryl methyl sites for hydroxylation is 1. The molecule has 0 bridgehead atoms. The number of likely N-dealkylation sites (tertiary alicyclic amines) is 1. The van der Waals surface area contributed by atoms with Crippen molar-refractivity contribution in [2.75, 3.05) is 39.9 Å². The number of benzene rings is 2. The van der Waals surface area contributed by atoms with Gasteiger partial charge in [-0.05, 0) is 56.8 Å². The van der Waals surface area contributed by atoms with E-state index >= 15 is 0 Å². The van der Waals surface area contributed by atoms with Crippen LogP contribution in [-0.4, -0.2) is 66.5 Å². The Hall–Kier alpha value is -3.32. The van der Waals surface area contributed by atoms with Gasteiger partial charge in [0, 0.05) is 24.2 Å². The predicted octanol–water partition coefficient (Wildman–Crippen LogP) is 4.17. The molecule has 0 unspecified atom stereocenters. The average Bonchev–Trinajstić information content (AvgIpc) is 3.09. The number of rotatable bonds is 10. The zero-order valence-electron chi connectivity index (χ0n) is 20.6. The van der Waals surface area contributed by atoms with Gasteiger partial charge in [0.15, 0.2) is 0 Å². The minimum absolute atomic E-state index is 0.0740. The second-order valence-corrected chi connectivity index (χ2v) is 8.17. The second-order valence-electron chi connectivity index (χ2n) is 8.17. The maximum Gasteiger partial charge on any atom is 0.295 e. The number of carbonyl (C=O) groups excluding carboxylic acids is 2. The molecular formula is C27H34N2O5. The lowest BCUT2D eigenvalue weighted by atomic mass is 9.93. The molecule has 34 heavy (non-hydrogen) atoms. The molecule has 0 saturated carbocycles. The second kappa shape index (κ2) is 11.2. The van der Waals surface area contributed by atoms with Crippen LogP contribution in [0.4, 0.5) is 0 Å². The third-order valence-corrected chi connectivity index (χ3v) is 6.29. The molecule has 3 rings (SSSR count). The van der Waals surface area contributed by atoms with E-state index in [1.54, 1.807) is 30.2 Å². The molecule has 0 aliphatic carbocycles. The van der Waals surface area contributed by atoms with Gasteiger partial charge in [-0.15, -0.1) is 0 Å². The fourth-order valence-corrected chi connectivity index (χ4v) is 4.39. The number of Topliss-reactive ketones (excluding diaryl/α,β-unsaturated/α-hetero) is 1. The van der Waals surface area contributed by atoms with Crippen LogP contribution in [0.5, 0.6) is 11.5 Å². The first-order valence-corrected chi connectivity index (χ1v) is 11.7. The third kappa shape index (κ3) is 4.94. The Balaban J connectivity index is 2.18. The highest BCUT2D eigenvalue weighted by atomic mass is 16.5. The fraction of sp³-hybridized carbons (Fsp3) is 0.407. The molecule has 1 amide bonds. The van der Waals surface area contributed by atoms with E-state index in [9.17, 15) is 14.7 Å². The van der Waals surface area contributed by atoms with Gasteiger partial charge in [0.05, 0.1) is 25.3 Å². The first-order chi connectivity index (χ1) is 16.4. The van der Waals surface area contributed by atoms with Crippen molar-refractivity contribution < 1.29 is 24.2 Å². The zero-order chi connectivity index (χ0) is 24.8.